The summed E-state index contributed by atoms with van der Waals surface area (Å²) < 4.78 is 32.5. The van der Waals surface area contributed by atoms with Gasteiger partial charge in [0.15, 0.2) is 0 Å². The third-order valence-corrected chi connectivity index (χ3v) is 5.09. The summed E-state index contributed by atoms with van der Waals surface area (Å²) in [5.41, 5.74) is 6.00. The third-order valence-electron chi connectivity index (χ3n) is 3.69. The molecule has 3 N–H and O–H groups in total. The number of nitrogens with one attached hydrogen (secondary N) is 1. The highest BCUT2D eigenvalue weighted by Crippen LogP contribution is 2.22. The molecule has 0 atom stereocenters. The van der Waals surface area contributed by atoms with Crippen LogP contribution >= 0.6 is 0 Å². The molecule has 0 radical (unpaired) electrons. The van der Waals surface area contributed by atoms with Crippen molar-refractivity contribution in [1.29, 1.82) is 0 Å². The Balaban J connectivity index is 2.98. The second-order valence-corrected chi connectivity index (χ2v) is 7.48. The molecule has 7 heteroatoms. The van der Waals surface area contributed by atoms with Gasteiger partial charge in [-0.05, 0) is 46.1 Å². The van der Waals surface area contributed by atoms with Crippen molar-refractivity contribution in [3.8, 4) is 5.75 Å². The molecule has 21 heavy (non-hydrogen) atoms. The summed E-state index contributed by atoms with van der Waals surface area (Å²) in [5, 5.41) is 0. The SMILES string of the molecule is COc1ccc(S(=O)(=O)NCC(C)(C)N(C)C)cc1CN. The second kappa shape index (κ2) is 6.74. The molecular formula is C14H25N3O3S. The van der Waals surface area contributed by atoms with Crippen molar-refractivity contribution in [1.82, 2.24) is 9.62 Å². The number of hydrogen-bond acceptors (Lipinski definition) is 5. The molecule has 0 aromatic heterocycles. The van der Waals surface area contributed by atoms with E-state index < -0.39 is 10.0 Å². The van der Waals surface area contributed by atoms with E-state index in [1.54, 1.807) is 12.1 Å². The zero-order chi connectivity index (χ0) is 16.3. The molecule has 6 nitrogen and oxygen atoms in total. The summed E-state index contributed by atoms with van der Waals surface area (Å²) >= 11 is 0. The normalized spacial score (nSPS) is 12.7. The lowest BCUT2D eigenvalue weighted by Crippen LogP contribution is -2.48. The van der Waals surface area contributed by atoms with Crippen molar-refractivity contribution in [3.63, 3.8) is 0 Å². The van der Waals surface area contributed by atoms with Gasteiger partial charge in [0.2, 0.25) is 10.0 Å². The van der Waals surface area contributed by atoms with E-state index in [4.69, 9.17) is 10.5 Å². The Kier molecular flexibility index (Phi) is 5.75. The Morgan fingerprint density at radius 3 is 2.43 bits per heavy atom. The summed E-state index contributed by atoms with van der Waals surface area (Å²) in [7, 11) is 1.78. The number of methoxy groups -OCH3 is 1. The first-order chi connectivity index (χ1) is 9.64. The van der Waals surface area contributed by atoms with Crippen molar-refractivity contribution >= 4 is 10.0 Å². The highest BCUT2D eigenvalue weighted by Gasteiger charge is 2.24. The molecule has 0 unspecified atom stereocenters. The number of nitrogens with two attached hydrogens (primary N) is 1. The molecule has 0 amide bonds. The number of benzene rings is 1. The lowest BCUT2D eigenvalue weighted by molar-refractivity contribution is 0.199. The molecule has 1 rings (SSSR count). The van der Waals surface area contributed by atoms with Crippen LogP contribution in [0.3, 0.4) is 0 Å². The summed E-state index contributed by atoms with van der Waals surface area (Å²) in [6.45, 7) is 4.46. The molecule has 0 fully saturated rings. The van der Waals surface area contributed by atoms with Crippen molar-refractivity contribution < 1.29 is 13.2 Å². The first-order valence-corrected chi connectivity index (χ1v) is 8.16. The van der Waals surface area contributed by atoms with Crippen LogP contribution in [0.15, 0.2) is 23.1 Å². The fourth-order valence-corrected chi connectivity index (χ4v) is 2.85. The molecule has 0 saturated carbocycles. The maximum Gasteiger partial charge on any atom is 0.240 e. The minimum absolute atomic E-state index is 0.193. The van der Waals surface area contributed by atoms with Crippen molar-refractivity contribution in [3.05, 3.63) is 23.8 Å². The summed E-state index contributed by atoms with van der Waals surface area (Å²) in [6, 6.07) is 4.68. The van der Waals surface area contributed by atoms with Gasteiger partial charge in [0, 0.05) is 24.2 Å². The van der Waals surface area contributed by atoms with Gasteiger partial charge in [0.1, 0.15) is 5.75 Å². The number of rotatable bonds is 7. The van der Waals surface area contributed by atoms with Crippen LogP contribution in [0.25, 0.3) is 0 Å². The predicted octanol–water partition coefficient (Wildman–Crippen LogP) is 0.772. The van der Waals surface area contributed by atoms with Gasteiger partial charge in [-0.2, -0.15) is 0 Å². The average Bonchev–Trinajstić information content (AvgIpc) is 2.44. The van der Waals surface area contributed by atoms with Crippen LogP contribution in [-0.2, 0) is 16.6 Å². The van der Waals surface area contributed by atoms with Gasteiger partial charge in [-0.25, -0.2) is 13.1 Å². The van der Waals surface area contributed by atoms with Crippen molar-refractivity contribution in [2.75, 3.05) is 27.7 Å². The largest absolute Gasteiger partial charge is 0.496 e. The zero-order valence-electron chi connectivity index (χ0n) is 13.3. The fourth-order valence-electron chi connectivity index (χ4n) is 1.59. The Bertz CT molecular complexity index is 583. The smallest absolute Gasteiger partial charge is 0.240 e. The third kappa shape index (κ3) is 4.41. The minimum Gasteiger partial charge on any atom is -0.496 e. The van der Waals surface area contributed by atoms with Crippen LogP contribution < -0.4 is 15.2 Å². The number of nitrogens with zero attached hydrogens (tertiary/aromatic N) is 1. The molecule has 0 aliphatic carbocycles. The number of likely N-dealkylation sites (N-methyl/N-ethyl adjacent to an activating group) is 1. The summed E-state index contributed by atoms with van der Waals surface area (Å²) in [4.78, 5) is 2.16. The Hall–Kier alpha value is -1.15. The van der Waals surface area contributed by atoms with E-state index in [1.807, 2.05) is 32.8 Å². The van der Waals surface area contributed by atoms with Gasteiger partial charge in [0.05, 0.1) is 12.0 Å². The molecule has 120 valence electrons. The first-order valence-electron chi connectivity index (χ1n) is 6.68. The predicted molar refractivity (Wildman–Crippen MR) is 83.8 cm³/mol. The lowest BCUT2D eigenvalue weighted by Gasteiger charge is -2.32. The molecule has 0 heterocycles. The molecule has 1 aromatic carbocycles. The van der Waals surface area contributed by atoms with Crippen LogP contribution in [0.4, 0.5) is 0 Å². The van der Waals surface area contributed by atoms with Gasteiger partial charge in [-0.15, -0.1) is 0 Å². The topological polar surface area (TPSA) is 84.7 Å². The van der Waals surface area contributed by atoms with Crippen LogP contribution in [-0.4, -0.2) is 46.6 Å². The van der Waals surface area contributed by atoms with Crippen LogP contribution in [0.5, 0.6) is 5.75 Å². The molecule has 0 saturated heterocycles. The Morgan fingerprint density at radius 2 is 1.95 bits per heavy atom. The standard InChI is InChI=1S/C14H25N3O3S/c1-14(2,17(3)4)10-16-21(18,19)12-6-7-13(20-5)11(8-12)9-15/h6-8,16H,9-10,15H2,1-5H3. The highest BCUT2D eigenvalue weighted by molar-refractivity contribution is 7.89. The molecule has 0 spiro atoms. The van der Waals surface area contributed by atoms with Crippen LogP contribution in [0.1, 0.15) is 19.4 Å². The molecular weight excluding hydrogens is 290 g/mol. The summed E-state index contributed by atoms with van der Waals surface area (Å²) in [5.74, 6) is 0.588. The molecule has 0 aliphatic heterocycles. The molecule has 0 aliphatic rings. The Labute approximate surface area is 127 Å². The summed E-state index contributed by atoms with van der Waals surface area (Å²) in [6.07, 6.45) is 0. The van der Waals surface area contributed by atoms with Gasteiger partial charge in [-0.1, -0.05) is 0 Å². The highest BCUT2D eigenvalue weighted by atomic mass is 32.2. The van der Waals surface area contributed by atoms with Crippen molar-refractivity contribution in [2.24, 2.45) is 5.73 Å². The van der Waals surface area contributed by atoms with Gasteiger partial charge in [0.25, 0.3) is 0 Å². The average molecular weight is 315 g/mol. The quantitative estimate of drug-likeness (QED) is 0.776. The molecule has 0 bridgehead atoms. The fraction of sp³-hybridized carbons (Fsp3) is 0.571. The van der Waals surface area contributed by atoms with E-state index in [-0.39, 0.29) is 17.0 Å². The van der Waals surface area contributed by atoms with E-state index >= 15 is 0 Å². The lowest BCUT2D eigenvalue weighted by atomic mass is 10.1. The monoisotopic (exact) mass is 315 g/mol. The van der Waals surface area contributed by atoms with Crippen LogP contribution in [0.2, 0.25) is 0 Å². The van der Waals surface area contributed by atoms with Crippen molar-refractivity contribution in [2.45, 2.75) is 30.8 Å². The number of hydrogen-bond donors (Lipinski definition) is 2. The minimum atomic E-state index is -3.57. The van der Waals surface area contributed by atoms with Crippen LogP contribution in [0, 0.1) is 0 Å². The van der Waals surface area contributed by atoms with Gasteiger partial charge in [-0.3, -0.25) is 0 Å². The molecule has 1 aromatic rings. The maximum absolute atomic E-state index is 12.4. The van der Waals surface area contributed by atoms with E-state index in [9.17, 15) is 8.42 Å². The van der Waals surface area contributed by atoms with Gasteiger partial charge < -0.3 is 15.4 Å². The first kappa shape index (κ1) is 17.9. The number of sulfonamides is 1. The Morgan fingerprint density at radius 1 is 1.33 bits per heavy atom. The van der Waals surface area contributed by atoms with E-state index in [1.165, 1.54) is 13.2 Å². The zero-order valence-corrected chi connectivity index (χ0v) is 14.1. The number of ether oxygens (including phenoxy) is 1. The second-order valence-electron chi connectivity index (χ2n) is 5.71. The van der Waals surface area contributed by atoms with E-state index in [2.05, 4.69) is 4.72 Å². The van der Waals surface area contributed by atoms with E-state index in [0.717, 1.165) is 0 Å². The van der Waals surface area contributed by atoms with E-state index in [0.29, 0.717) is 17.9 Å². The van der Waals surface area contributed by atoms with Gasteiger partial charge >= 0.3 is 0 Å². The maximum atomic E-state index is 12.4.